The van der Waals surface area contributed by atoms with Crippen LogP contribution in [0.15, 0.2) is 0 Å². The third-order valence-electron chi connectivity index (χ3n) is 3.22. The van der Waals surface area contributed by atoms with E-state index >= 15 is 0 Å². The zero-order valence-electron chi connectivity index (χ0n) is 8.68. The Hall–Kier alpha value is 0.270. The van der Waals surface area contributed by atoms with Gasteiger partial charge in [-0.05, 0) is 32.9 Å². The van der Waals surface area contributed by atoms with Crippen molar-refractivity contribution in [3.05, 3.63) is 0 Å². The average molecular weight is 200 g/mol. The van der Waals surface area contributed by atoms with Crippen LogP contribution < -0.4 is 5.32 Å². The third-order valence-corrected chi connectivity index (χ3v) is 4.86. The van der Waals surface area contributed by atoms with Gasteiger partial charge < -0.3 is 10.2 Å². The Kier molecular flexibility index (Phi) is 2.86. The van der Waals surface area contributed by atoms with Gasteiger partial charge in [0, 0.05) is 18.3 Å². The highest BCUT2D eigenvalue weighted by Crippen LogP contribution is 2.39. The van der Waals surface area contributed by atoms with Crippen molar-refractivity contribution in [1.82, 2.24) is 10.2 Å². The smallest absolute Gasteiger partial charge is 0.0672 e. The van der Waals surface area contributed by atoms with E-state index in [1.54, 1.807) is 0 Å². The van der Waals surface area contributed by atoms with E-state index < -0.39 is 0 Å². The third kappa shape index (κ3) is 2.20. The molecular formula is C10H20N2S. The van der Waals surface area contributed by atoms with Crippen LogP contribution in [0, 0.1) is 0 Å². The van der Waals surface area contributed by atoms with Gasteiger partial charge in [0.15, 0.2) is 0 Å². The van der Waals surface area contributed by atoms with E-state index in [4.69, 9.17) is 0 Å². The highest BCUT2D eigenvalue weighted by Gasteiger charge is 2.37. The maximum atomic E-state index is 3.72. The molecule has 0 bridgehead atoms. The Labute approximate surface area is 85.4 Å². The summed E-state index contributed by atoms with van der Waals surface area (Å²) in [6, 6.07) is 0. The second-order valence-corrected chi connectivity index (χ2v) is 6.26. The van der Waals surface area contributed by atoms with E-state index in [9.17, 15) is 0 Å². The first kappa shape index (κ1) is 9.81. The standard InChI is InChI=1S/C10H20N2S/c1-9-3-6-11-10(13-9)4-7-12(2)8-5-10/h9,11H,3-8H2,1-2H3. The summed E-state index contributed by atoms with van der Waals surface area (Å²) < 4.78 is 0. The molecule has 2 heterocycles. The summed E-state index contributed by atoms with van der Waals surface area (Å²) in [5.41, 5.74) is 0. The van der Waals surface area contributed by atoms with Gasteiger partial charge in [0.05, 0.1) is 4.87 Å². The summed E-state index contributed by atoms with van der Waals surface area (Å²) in [5.74, 6) is 0. The van der Waals surface area contributed by atoms with Crippen molar-refractivity contribution in [1.29, 1.82) is 0 Å². The molecule has 2 saturated heterocycles. The lowest BCUT2D eigenvalue weighted by Crippen LogP contribution is -2.53. The fourth-order valence-electron chi connectivity index (χ4n) is 2.26. The van der Waals surface area contributed by atoms with E-state index in [-0.39, 0.29) is 0 Å². The number of thioether (sulfide) groups is 1. The van der Waals surface area contributed by atoms with Crippen molar-refractivity contribution in [2.45, 2.75) is 36.3 Å². The first-order valence-electron chi connectivity index (χ1n) is 5.32. The zero-order valence-corrected chi connectivity index (χ0v) is 9.49. The molecule has 2 nitrogen and oxygen atoms in total. The molecule has 1 unspecified atom stereocenters. The molecule has 0 aromatic carbocycles. The predicted molar refractivity (Wildman–Crippen MR) is 59.1 cm³/mol. The molecule has 2 aliphatic rings. The van der Waals surface area contributed by atoms with Crippen LogP contribution >= 0.6 is 11.8 Å². The van der Waals surface area contributed by atoms with E-state index in [2.05, 4.69) is 35.9 Å². The van der Waals surface area contributed by atoms with Crippen LogP contribution in [0.4, 0.5) is 0 Å². The van der Waals surface area contributed by atoms with E-state index in [1.165, 1.54) is 38.9 Å². The van der Waals surface area contributed by atoms with Crippen LogP contribution in [0.5, 0.6) is 0 Å². The van der Waals surface area contributed by atoms with Gasteiger partial charge in [-0.15, -0.1) is 11.8 Å². The lowest BCUT2D eigenvalue weighted by molar-refractivity contribution is 0.212. The van der Waals surface area contributed by atoms with Crippen molar-refractivity contribution in [3.8, 4) is 0 Å². The molecule has 0 saturated carbocycles. The molecule has 2 rings (SSSR count). The minimum atomic E-state index is 0.435. The number of piperidine rings is 1. The van der Waals surface area contributed by atoms with Crippen molar-refractivity contribution < 1.29 is 0 Å². The predicted octanol–water partition coefficient (Wildman–Crippen LogP) is 1.52. The Balaban J connectivity index is 1.95. The number of nitrogens with one attached hydrogen (secondary N) is 1. The lowest BCUT2D eigenvalue weighted by Gasteiger charge is -2.45. The maximum Gasteiger partial charge on any atom is 0.0672 e. The first-order valence-corrected chi connectivity index (χ1v) is 6.20. The van der Waals surface area contributed by atoms with Gasteiger partial charge in [-0.2, -0.15) is 0 Å². The van der Waals surface area contributed by atoms with Gasteiger partial charge in [0.1, 0.15) is 0 Å². The number of likely N-dealkylation sites (tertiary alicyclic amines) is 1. The average Bonchev–Trinajstić information content (AvgIpc) is 2.11. The van der Waals surface area contributed by atoms with E-state index in [1.807, 2.05) is 0 Å². The highest BCUT2D eigenvalue weighted by atomic mass is 32.2. The van der Waals surface area contributed by atoms with E-state index in [0.717, 1.165) is 5.25 Å². The second kappa shape index (κ2) is 3.79. The molecule has 1 N–H and O–H groups in total. The molecule has 0 radical (unpaired) electrons. The van der Waals surface area contributed by atoms with Crippen LogP contribution in [0.1, 0.15) is 26.2 Å². The Morgan fingerprint density at radius 1 is 1.38 bits per heavy atom. The highest BCUT2D eigenvalue weighted by molar-refractivity contribution is 8.01. The summed E-state index contributed by atoms with van der Waals surface area (Å²) in [5, 5.41) is 4.57. The fourth-order valence-corrected chi connectivity index (χ4v) is 3.87. The summed E-state index contributed by atoms with van der Waals surface area (Å²) in [6.45, 7) is 6.10. The van der Waals surface area contributed by atoms with Crippen molar-refractivity contribution in [3.63, 3.8) is 0 Å². The van der Waals surface area contributed by atoms with E-state index in [0.29, 0.717) is 4.87 Å². The van der Waals surface area contributed by atoms with Gasteiger partial charge in [-0.3, -0.25) is 0 Å². The van der Waals surface area contributed by atoms with Crippen LogP contribution in [-0.2, 0) is 0 Å². The summed E-state index contributed by atoms with van der Waals surface area (Å²) in [6.07, 6.45) is 3.97. The topological polar surface area (TPSA) is 15.3 Å². The largest absolute Gasteiger partial charge is 0.306 e. The molecule has 0 aromatic heterocycles. The minimum absolute atomic E-state index is 0.435. The van der Waals surface area contributed by atoms with Crippen LogP contribution in [0.3, 0.4) is 0 Å². The van der Waals surface area contributed by atoms with Gasteiger partial charge in [-0.25, -0.2) is 0 Å². The molecule has 0 amide bonds. The molecule has 0 aromatic rings. The molecular weight excluding hydrogens is 180 g/mol. The minimum Gasteiger partial charge on any atom is -0.306 e. The van der Waals surface area contributed by atoms with Crippen molar-refractivity contribution >= 4 is 11.8 Å². The Morgan fingerprint density at radius 2 is 2.08 bits per heavy atom. The number of nitrogens with zero attached hydrogens (tertiary/aromatic N) is 1. The molecule has 3 heteroatoms. The SMILES string of the molecule is CC1CCNC2(CCN(C)CC2)S1. The molecule has 13 heavy (non-hydrogen) atoms. The molecule has 1 atom stereocenters. The molecule has 0 aliphatic carbocycles. The molecule has 2 aliphatic heterocycles. The van der Waals surface area contributed by atoms with Gasteiger partial charge in [0.2, 0.25) is 0 Å². The lowest BCUT2D eigenvalue weighted by atomic mass is 10.0. The van der Waals surface area contributed by atoms with Gasteiger partial charge in [0.25, 0.3) is 0 Å². The Morgan fingerprint density at radius 3 is 2.69 bits per heavy atom. The summed E-state index contributed by atoms with van der Waals surface area (Å²) >= 11 is 2.17. The number of hydrogen-bond acceptors (Lipinski definition) is 3. The molecule has 1 spiro atoms. The zero-order chi connectivity index (χ0) is 9.31. The maximum absolute atomic E-state index is 3.72. The first-order chi connectivity index (χ1) is 6.20. The second-order valence-electron chi connectivity index (χ2n) is 4.44. The summed E-state index contributed by atoms with van der Waals surface area (Å²) in [7, 11) is 2.23. The van der Waals surface area contributed by atoms with Crippen molar-refractivity contribution in [2.24, 2.45) is 0 Å². The monoisotopic (exact) mass is 200 g/mol. The quantitative estimate of drug-likeness (QED) is 0.638. The normalized spacial score (nSPS) is 35.1. The van der Waals surface area contributed by atoms with Crippen LogP contribution in [-0.4, -0.2) is 41.7 Å². The summed E-state index contributed by atoms with van der Waals surface area (Å²) in [4.78, 5) is 2.87. The molecule has 2 fully saturated rings. The number of rotatable bonds is 0. The van der Waals surface area contributed by atoms with Gasteiger partial charge >= 0.3 is 0 Å². The number of hydrogen-bond donors (Lipinski definition) is 1. The van der Waals surface area contributed by atoms with Crippen LogP contribution in [0.2, 0.25) is 0 Å². The van der Waals surface area contributed by atoms with Crippen LogP contribution in [0.25, 0.3) is 0 Å². The molecule has 76 valence electrons. The van der Waals surface area contributed by atoms with Crippen molar-refractivity contribution in [2.75, 3.05) is 26.7 Å². The fraction of sp³-hybridized carbons (Fsp3) is 1.00. The Bertz CT molecular complexity index is 176. The van der Waals surface area contributed by atoms with Gasteiger partial charge in [-0.1, -0.05) is 6.92 Å².